The molecule has 0 spiro atoms. The molecule has 2 heterocycles. The van der Waals surface area contributed by atoms with E-state index in [0.29, 0.717) is 22.9 Å². The summed E-state index contributed by atoms with van der Waals surface area (Å²) in [6.07, 6.45) is 6.60. The molecule has 0 bridgehead atoms. The summed E-state index contributed by atoms with van der Waals surface area (Å²) in [7, 11) is 0. The highest BCUT2D eigenvalue weighted by molar-refractivity contribution is 6.48. The number of aliphatic imine (C=N–C) groups is 2. The van der Waals surface area contributed by atoms with E-state index < -0.39 is 5.82 Å². The predicted octanol–water partition coefficient (Wildman–Crippen LogP) is 5.84. The van der Waals surface area contributed by atoms with E-state index in [4.69, 9.17) is 16.6 Å². The van der Waals surface area contributed by atoms with E-state index in [1.54, 1.807) is 6.07 Å². The number of rotatable bonds is 6. The number of fused-ring (bicyclic) bond motifs is 3. The molecule has 0 unspecified atom stereocenters. The molecule has 0 aromatic heterocycles. The van der Waals surface area contributed by atoms with Crippen LogP contribution in [0.5, 0.6) is 0 Å². The van der Waals surface area contributed by atoms with E-state index >= 15 is 0 Å². The zero-order valence-electron chi connectivity index (χ0n) is 15.8. The summed E-state index contributed by atoms with van der Waals surface area (Å²) in [5.41, 5.74) is 3.08. The molecule has 27 heavy (non-hydrogen) atoms. The Morgan fingerprint density at radius 1 is 1.30 bits per heavy atom. The van der Waals surface area contributed by atoms with E-state index in [9.17, 15) is 4.39 Å². The Labute approximate surface area is 165 Å². The van der Waals surface area contributed by atoms with Gasteiger partial charge in [-0.05, 0) is 38.3 Å². The zero-order valence-corrected chi connectivity index (χ0v) is 16.6. The molecule has 1 aromatic rings. The fourth-order valence-corrected chi connectivity index (χ4v) is 3.32. The van der Waals surface area contributed by atoms with Gasteiger partial charge in [0.05, 0.1) is 22.1 Å². The van der Waals surface area contributed by atoms with Crippen LogP contribution in [0.1, 0.15) is 33.1 Å². The van der Waals surface area contributed by atoms with E-state index in [2.05, 4.69) is 30.0 Å². The third-order valence-electron chi connectivity index (χ3n) is 4.42. The monoisotopic (exact) mass is 386 g/mol. The maximum atomic E-state index is 14.1. The smallest absolute Gasteiger partial charge is 0.181 e. The van der Waals surface area contributed by atoms with Gasteiger partial charge in [-0.3, -0.25) is 4.90 Å². The fourth-order valence-electron chi connectivity index (χ4n) is 3.16. The first-order valence-corrected chi connectivity index (χ1v) is 9.51. The van der Waals surface area contributed by atoms with Gasteiger partial charge in [-0.2, -0.15) is 0 Å². The molecule has 0 saturated carbocycles. The van der Waals surface area contributed by atoms with Gasteiger partial charge in [-0.15, -0.1) is 6.58 Å². The highest BCUT2D eigenvalue weighted by Gasteiger charge is 2.31. The highest BCUT2D eigenvalue weighted by atomic mass is 35.5. The zero-order chi connectivity index (χ0) is 19.6. The van der Waals surface area contributed by atoms with Gasteiger partial charge < -0.3 is 4.90 Å². The Kier molecular flexibility index (Phi) is 5.80. The number of nitrogens with zero attached hydrogens (tertiary/aromatic N) is 4. The Bertz CT molecular complexity index is 869. The van der Waals surface area contributed by atoms with Crippen LogP contribution in [-0.4, -0.2) is 29.7 Å². The second-order valence-electron chi connectivity index (χ2n) is 6.85. The Hall–Kier alpha value is -2.40. The van der Waals surface area contributed by atoms with Crippen LogP contribution in [0.2, 0.25) is 5.02 Å². The van der Waals surface area contributed by atoms with E-state index in [0.717, 1.165) is 43.8 Å². The molecule has 0 aliphatic carbocycles. The molecule has 0 atom stereocenters. The lowest BCUT2D eigenvalue weighted by Gasteiger charge is -2.36. The molecule has 142 valence electrons. The van der Waals surface area contributed by atoms with Crippen LogP contribution in [0.25, 0.3) is 0 Å². The lowest BCUT2D eigenvalue weighted by molar-refractivity contribution is 0.413. The van der Waals surface area contributed by atoms with Crippen molar-refractivity contribution in [1.29, 1.82) is 0 Å². The molecular weight excluding hydrogens is 363 g/mol. The number of allylic oxidation sites excluding steroid dienone is 2. The van der Waals surface area contributed by atoms with Gasteiger partial charge in [-0.1, -0.05) is 30.7 Å². The van der Waals surface area contributed by atoms with Gasteiger partial charge in [0.15, 0.2) is 11.7 Å². The molecule has 0 saturated heterocycles. The summed E-state index contributed by atoms with van der Waals surface area (Å²) in [6, 6.07) is 2.97. The average Bonchev–Trinajstić information content (AvgIpc) is 2.61. The number of amidine groups is 2. The van der Waals surface area contributed by atoms with E-state index in [1.807, 2.05) is 24.1 Å². The van der Waals surface area contributed by atoms with Crippen molar-refractivity contribution in [3.63, 3.8) is 0 Å². The molecular formula is C21H24ClFN4. The third kappa shape index (κ3) is 4.14. The molecule has 0 N–H and O–H groups in total. The molecule has 0 amide bonds. The first-order valence-electron chi connectivity index (χ1n) is 9.13. The summed E-state index contributed by atoms with van der Waals surface area (Å²) in [6.45, 7) is 13.7. The average molecular weight is 387 g/mol. The maximum Gasteiger partial charge on any atom is 0.181 e. The van der Waals surface area contributed by atoms with E-state index in [1.165, 1.54) is 6.07 Å². The lowest BCUT2D eigenvalue weighted by atomic mass is 10.1. The van der Waals surface area contributed by atoms with Crippen molar-refractivity contribution in [3.05, 3.63) is 59.7 Å². The quantitative estimate of drug-likeness (QED) is 0.575. The second-order valence-corrected chi connectivity index (χ2v) is 7.26. The Morgan fingerprint density at radius 2 is 2.07 bits per heavy atom. The minimum absolute atomic E-state index is 0.0661. The largest absolute Gasteiger partial charge is 0.354 e. The van der Waals surface area contributed by atoms with Crippen molar-refractivity contribution in [1.82, 2.24) is 4.90 Å². The predicted molar refractivity (Wildman–Crippen MR) is 113 cm³/mol. The second kappa shape index (κ2) is 8.09. The van der Waals surface area contributed by atoms with Crippen LogP contribution in [-0.2, 0) is 0 Å². The molecule has 2 aliphatic heterocycles. The number of hydrogen-bond donors (Lipinski definition) is 0. The number of anilines is 1. The normalized spacial score (nSPS) is 15.1. The molecule has 0 radical (unpaired) electrons. The third-order valence-corrected chi connectivity index (χ3v) is 4.71. The molecule has 0 fully saturated rings. The van der Waals surface area contributed by atoms with Gasteiger partial charge in [0.1, 0.15) is 5.82 Å². The summed E-state index contributed by atoms with van der Waals surface area (Å²) < 4.78 is 14.1. The van der Waals surface area contributed by atoms with Gasteiger partial charge in [-0.25, -0.2) is 14.4 Å². The van der Waals surface area contributed by atoms with Gasteiger partial charge >= 0.3 is 0 Å². The maximum absolute atomic E-state index is 14.1. The minimum Gasteiger partial charge on any atom is -0.354 e. The SMILES string of the molecule is C=C(C)CCCN(CCC)C1=Nc2cc(F)c(Cl)cc2N2C=CC(=C)N=C12. The van der Waals surface area contributed by atoms with Crippen LogP contribution >= 0.6 is 11.6 Å². The minimum atomic E-state index is -0.478. The van der Waals surface area contributed by atoms with Crippen LogP contribution in [0.3, 0.4) is 0 Å². The van der Waals surface area contributed by atoms with Gasteiger partial charge in [0.2, 0.25) is 0 Å². The van der Waals surface area contributed by atoms with Crippen LogP contribution < -0.4 is 4.90 Å². The van der Waals surface area contributed by atoms with Crippen LogP contribution in [0, 0.1) is 5.82 Å². The number of halogens is 2. The van der Waals surface area contributed by atoms with Crippen molar-refractivity contribution >= 4 is 34.6 Å². The lowest BCUT2D eigenvalue weighted by Crippen LogP contribution is -2.47. The summed E-state index contributed by atoms with van der Waals surface area (Å²) in [4.78, 5) is 13.5. The topological polar surface area (TPSA) is 31.2 Å². The van der Waals surface area contributed by atoms with Crippen molar-refractivity contribution in [2.45, 2.75) is 33.1 Å². The van der Waals surface area contributed by atoms with Crippen molar-refractivity contribution < 1.29 is 4.39 Å². The first kappa shape index (κ1) is 19.4. The number of hydrogen-bond acceptors (Lipinski definition) is 4. The molecule has 6 heteroatoms. The molecule has 1 aromatic carbocycles. The molecule has 2 aliphatic rings. The van der Waals surface area contributed by atoms with Crippen molar-refractivity contribution in [3.8, 4) is 0 Å². The number of benzene rings is 1. The van der Waals surface area contributed by atoms with Crippen molar-refractivity contribution in [2.75, 3.05) is 18.0 Å². The standard InChI is InChI=1S/C21H24ClFN4/c1-5-9-26(10-6-7-14(2)3)20-21-24-15(4)8-11-27(21)19-12-16(22)17(23)13-18(19)25-20/h8,11-13H,2,4-7,9-10H2,1,3H3. The van der Waals surface area contributed by atoms with E-state index in [-0.39, 0.29) is 5.02 Å². The van der Waals surface area contributed by atoms with Gasteiger partial charge in [0.25, 0.3) is 0 Å². The summed E-state index contributed by atoms with van der Waals surface area (Å²) >= 11 is 6.00. The Balaban J connectivity index is 2.04. The first-order chi connectivity index (χ1) is 12.9. The van der Waals surface area contributed by atoms with Crippen LogP contribution in [0.4, 0.5) is 15.8 Å². The van der Waals surface area contributed by atoms with Crippen molar-refractivity contribution in [2.24, 2.45) is 9.98 Å². The summed E-state index contributed by atoms with van der Waals surface area (Å²) in [5, 5.41) is 0.0661. The van der Waals surface area contributed by atoms with Gasteiger partial charge in [0, 0.05) is 25.4 Å². The molecule has 3 rings (SSSR count). The highest BCUT2D eigenvalue weighted by Crippen LogP contribution is 2.39. The van der Waals surface area contributed by atoms with Crippen LogP contribution in [0.15, 0.2) is 58.8 Å². The Morgan fingerprint density at radius 3 is 2.78 bits per heavy atom. The summed E-state index contributed by atoms with van der Waals surface area (Å²) in [5.74, 6) is 0.952. The molecule has 4 nitrogen and oxygen atoms in total. The fraction of sp³-hybridized carbons (Fsp3) is 0.333.